The van der Waals surface area contributed by atoms with Gasteiger partial charge in [-0.3, -0.25) is 0 Å². The molecule has 2 N–H and O–H groups in total. The first-order valence-electron chi connectivity index (χ1n) is 7.38. The monoisotopic (exact) mass is 313 g/mol. The molecule has 0 saturated carbocycles. The summed E-state index contributed by atoms with van der Waals surface area (Å²) in [7, 11) is 1.64. The summed E-state index contributed by atoms with van der Waals surface area (Å²) in [5, 5.41) is 13.3. The van der Waals surface area contributed by atoms with Gasteiger partial charge in [-0.2, -0.15) is 0 Å². The molecule has 1 rings (SSSR count). The summed E-state index contributed by atoms with van der Waals surface area (Å²) >= 11 is 1.65. The molecule has 0 fully saturated rings. The fraction of sp³-hybridized carbons (Fsp3) is 0.625. The summed E-state index contributed by atoms with van der Waals surface area (Å²) in [6.07, 6.45) is -0.457. The van der Waals surface area contributed by atoms with E-state index in [0.717, 1.165) is 6.54 Å². The van der Waals surface area contributed by atoms with Crippen molar-refractivity contribution in [2.45, 2.75) is 30.9 Å². The van der Waals surface area contributed by atoms with E-state index in [1.165, 1.54) is 10.5 Å². The number of aliphatic hydroxyl groups excluding tert-OH is 1. The first-order chi connectivity index (χ1) is 10.2. The lowest BCUT2D eigenvalue weighted by molar-refractivity contribution is 0.0218. The first-order valence-corrected chi connectivity index (χ1v) is 8.36. The first kappa shape index (κ1) is 18.5. The average Bonchev–Trinajstić information content (AvgIpc) is 2.50. The highest BCUT2D eigenvalue weighted by atomic mass is 32.2. The highest BCUT2D eigenvalue weighted by Gasteiger charge is 2.08. The summed E-state index contributed by atoms with van der Waals surface area (Å²) in [4.78, 5) is 1.17. The van der Waals surface area contributed by atoms with Crippen LogP contribution in [0.25, 0.3) is 0 Å². The topological polar surface area (TPSA) is 50.7 Å². The van der Waals surface area contributed by atoms with E-state index in [9.17, 15) is 5.11 Å². The lowest BCUT2D eigenvalue weighted by Crippen LogP contribution is -2.19. The maximum absolute atomic E-state index is 9.87. The molecule has 0 heterocycles. The minimum Gasteiger partial charge on any atom is -0.390 e. The van der Waals surface area contributed by atoms with Crippen molar-refractivity contribution in [3.8, 4) is 0 Å². The van der Waals surface area contributed by atoms with Crippen molar-refractivity contribution in [2.75, 3.05) is 39.2 Å². The average molecular weight is 313 g/mol. The van der Waals surface area contributed by atoms with Crippen LogP contribution in [-0.4, -0.2) is 50.4 Å². The van der Waals surface area contributed by atoms with E-state index in [1.807, 2.05) is 0 Å². The Bertz CT molecular complexity index is 390. The zero-order chi connectivity index (χ0) is 15.5. The maximum Gasteiger partial charge on any atom is 0.0867 e. The smallest absolute Gasteiger partial charge is 0.0867 e. The Kier molecular flexibility index (Phi) is 9.70. The number of aliphatic hydroxyl groups is 1. The van der Waals surface area contributed by atoms with E-state index in [-0.39, 0.29) is 0 Å². The van der Waals surface area contributed by atoms with Crippen LogP contribution in [0.15, 0.2) is 29.2 Å². The largest absolute Gasteiger partial charge is 0.390 e. The summed E-state index contributed by atoms with van der Waals surface area (Å²) in [6.45, 7) is 6.65. The van der Waals surface area contributed by atoms with Crippen molar-refractivity contribution in [3.63, 3.8) is 0 Å². The van der Waals surface area contributed by atoms with Gasteiger partial charge in [-0.1, -0.05) is 19.1 Å². The van der Waals surface area contributed by atoms with Gasteiger partial charge >= 0.3 is 0 Å². The van der Waals surface area contributed by atoms with Crippen molar-refractivity contribution in [2.24, 2.45) is 0 Å². The number of thioether (sulfide) groups is 1. The van der Waals surface area contributed by atoms with E-state index in [2.05, 4.69) is 43.4 Å². The van der Waals surface area contributed by atoms with Gasteiger partial charge in [-0.25, -0.2) is 0 Å². The zero-order valence-corrected chi connectivity index (χ0v) is 14.0. The van der Waals surface area contributed by atoms with Gasteiger partial charge < -0.3 is 19.9 Å². The molecule has 0 aromatic heterocycles. The Morgan fingerprint density at radius 3 is 2.86 bits per heavy atom. The van der Waals surface area contributed by atoms with Gasteiger partial charge in [-0.05, 0) is 31.2 Å². The molecule has 0 aliphatic heterocycles. The van der Waals surface area contributed by atoms with Gasteiger partial charge in [0.2, 0.25) is 0 Å². The molecule has 1 aromatic carbocycles. The molecule has 0 bridgehead atoms. The van der Waals surface area contributed by atoms with Gasteiger partial charge in [0.1, 0.15) is 0 Å². The zero-order valence-electron chi connectivity index (χ0n) is 13.2. The molecule has 0 aliphatic carbocycles. The van der Waals surface area contributed by atoms with Crippen LogP contribution < -0.4 is 5.32 Å². The van der Waals surface area contributed by atoms with Gasteiger partial charge in [0.05, 0.1) is 25.9 Å². The predicted octanol–water partition coefficient (Wildman–Crippen LogP) is 2.47. The van der Waals surface area contributed by atoms with Crippen LogP contribution in [0.1, 0.15) is 25.5 Å². The fourth-order valence-electron chi connectivity index (χ4n) is 1.90. The minimum atomic E-state index is -0.457. The third-order valence-corrected chi connectivity index (χ3v) is 4.19. The second kappa shape index (κ2) is 11.0. The molecule has 1 aromatic rings. The molecular formula is C16H27NO3S. The van der Waals surface area contributed by atoms with Crippen molar-refractivity contribution >= 4 is 11.8 Å². The van der Waals surface area contributed by atoms with E-state index in [0.29, 0.717) is 31.6 Å². The molecule has 4 nitrogen and oxygen atoms in total. The number of ether oxygens (including phenoxy) is 2. The highest BCUT2D eigenvalue weighted by Crippen LogP contribution is 2.23. The van der Waals surface area contributed by atoms with Crippen LogP contribution in [0.3, 0.4) is 0 Å². The second-order valence-corrected chi connectivity index (χ2v) is 5.98. The number of benzene rings is 1. The highest BCUT2D eigenvalue weighted by molar-refractivity contribution is 7.99. The Hall–Kier alpha value is -0.590. The molecule has 0 saturated heterocycles. The third-order valence-electron chi connectivity index (χ3n) is 3.05. The van der Waals surface area contributed by atoms with E-state index >= 15 is 0 Å². The van der Waals surface area contributed by atoms with E-state index in [1.54, 1.807) is 18.9 Å². The Labute approximate surface area is 132 Å². The summed E-state index contributed by atoms with van der Waals surface area (Å²) < 4.78 is 10.2. The Morgan fingerprint density at radius 1 is 1.33 bits per heavy atom. The van der Waals surface area contributed by atoms with Crippen molar-refractivity contribution in [3.05, 3.63) is 29.8 Å². The van der Waals surface area contributed by atoms with Crippen LogP contribution in [-0.2, 0) is 9.47 Å². The van der Waals surface area contributed by atoms with E-state index in [4.69, 9.17) is 9.47 Å². The van der Waals surface area contributed by atoms with Crippen molar-refractivity contribution in [1.82, 2.24) is 5.32 Å². The van der Waals surface area contributed by atoms with Crippen molar-refractivity contribution in [1.29, 1.82) is 0 Å². The molecule has 120 valence electrons. The maximum atomic E-state index is 9.87. The third kappa shape index (κ3) is 7.83. The molecule has 0 aliphatic rings. The number of rotatable bonds is 11. The van der Waals surface area contributed by atoms with Crippen LogP contribution in [0.5, 0.6) is 0 Å². The standard InChI is InChI=1S/C16H27NO3S/c1-4-17-13(2)14-6-5-7-16(10-14)21-12-15(18)11-20-9-8-19-3/h5-7,10,13,15,17-18H,4,8-9,11-12H2,1-3H3. The van der Waals surface area contributed by atoms with Gasteiger partial charge in [0.15, 0.2) is 0 Å². The summed E-state index contributed by atoms with van der Waals surface area (Å²) in [5.74, 6) is 0.631. The molecule has 2 atom stereocenters. The Morgan fingerprint density at radius 2 is 2.14 bits per heavy atom. The number of hydrogen-bond acceptors (Lipinski definition) is 5. The number of nitrogens with one attached hydrogen (secondary N) is 1. The van der Waals surface area contributed by atoms with Crippen LogP contribution in [0.2, 0.25) is 0 Å². The van der Waals surface area contributed by atoms with Crippen LogP contribution in [0, 0.1) is 0 Å². The lowest BCUT2D eigenvalue weighted by atomic mass is 10.1. The second-order valence-electron chi connectivity index (χ2n) is 4.88. The lowest BCUT2D eigenvalue weighted by Gasteiger charge is -2.14. The summed E-state index contributed by atoms with van der Waals surface area (Å²) in [5.41, 5.74) is 1.27. The molecule has 0 spiro atoms. The molecule has 0 radical (unpaired) electrons. The van der Waals surface area contributed by atoms with Gasteiger partial charge in [0, 0.05) is 23.8 Å². The molecular weight excluding hydrogens is 286 g/mol. The van der Waals surface area contributed by atoms with E-state index < -0.39 is 6.10 Å². The van der Waals surface area contributed by atoms with Crippen molar-refractivity contribution < 1.29 is 14.6 Å². The van der Waals surface area contributed by atoms with Gasteiger partial charge in [0.25, 0.3) is 0 Å². The van der Waals surface area contributed by atoms with Crippen LogP contribution in [0.4, 0.5) is 0 Å². The summed E-state index contributed by atoms with van der Waals surface area (Å²) in [6, 6.07) is 8.79. The van der Waals surface area contributed by atoms with Gasteiger partial charge in [-0.15, -0.1) is 11.8 Å². The SMILES string of the molecule is CCNC(C)c1cccc(SCC(O)COCCOC)c1. The van der Waals surface area contributed by atoms with Crippen LogP contribution >= 0.6 is 11.8 Å². The minimum absolute atomic E-state index is 0.345. The Balaban J connectivity index is 2.35. The quantitative estimate of drug-likeness (QED) is 0.485. The molecule has 2 unspecified atom stereocenters. The number of hydrogen-bond donors (Lipinski definition) is 2. The molecule has 21 heavy (non-hydrogen) atoms. The predicted molar refractivity (Wildman–Crippen MR) is 88.0 cm³/mol. The molecule has 5 heteroatoms. The number of methoxy groups -OCH3 is 1. The fourth-order valence-corrected chi connectivity index (χ4v) is 2.78. The normalized spacial score (nSPS) is 14.1. The molecule has 0 amide bonds.